The van der Waals surface area contributed by atoms with Crippen molar-refractivity contribution in [3.05, 3.63) is 29.8 Å². The van der Waals surface area contributed by atoms with Gasteiger partial charge in [-0.3, -0.25) is 0 Å². The summed E-state index contributed by atoms with van der Waals surface area (Å²) in [7, 11) is -0.0224. The quantitative estimate of drug-likeness (QED) is 0.580. The van der Waals surface area contributed by atoms with E-state index in [9.17, 15) is 0 Å². The van der Waals surface area contributed by atoms with Crippen molar-refractivity contribution in [3.8, 4) is 6.07 Å². The van der Waals surface area contributed by atoms with Gasteiger partial charge in [-0.2, -0.15) is 5.26 Å². The van der Waals surface area contributed by atoms with E-state index in [1.165, 1.54) is 5.30 Å². The van der Waals surface area contributed by atoms with Crippen molar-refractivity contribution < 1.29 is 0 Å². The van der Waals surface area contributed by atoms with Gasteiger partial charge in [0.2, 0.25) is 0 Å². The monoisotopic (exact) mass is 163 g/mol. The van der Waals surface area contributed by atoms with Crippen molar-refractivity contribution in [1.82, 2.24) is 0 Å². The van der Waals surface area contributed by atoms with Crippen LogP contribution in [0, 0.1) is 11.3 Å². The SMILES string of the molecule is CP(C)c1ccc(C#N)cc1. The predicted molar refractivity (Wildman–Crippen MR) is 49.6 cm³/mol. The maximum Gasteiger partial charge on any atom is 0.0991 e. The highest BCUT2D eigenvalue weighted by Gasteiger charge is 1.96. The average molecular weight is 163 g/mol. The molecule has 0 aliphatic carbocycles. The Morgan fingerprint density at radius 3 is 2.09 bits per heavy atom. The molecule has 0 saturated heterocycles. The fourth-order valence-corrected chi connectivity index (χ4v) is 1.58. The van der Waals surface area contributed by atoms with Gasteiger partial charge in [0, 0.05) is 0 Å². The zero-order valence-corrected chi connectivity index (χ0v) is 7.60. The highest BCUT2D eigenvalue weighted by molar-refractivity contribution is 7.64. The summed E-state index contributed by atoms with van der Waals surface area (Å²) in [6.07, 6.45) is 0. The molecule has 0 N–H and O–H groups in total. The van der Waals surface area contributed by atoms with Crippen LogP contribution < -0.4 is 5.30 Å². The standard InChI is InChI=1S/C9H10NP/c1-11(2)9-5-3-8(7-10)4-6-9/h3-6H,1-2H3. The molecule has 2 heteroatoms. The smallest absolute Gasteiger partial charge is 0.0991 e. The lowest BCUT2D eigenvalue weighted by molar-refractivity contribution is 1.49. The normalized spacial score (nSPS) is 9.64. The molecule has 11 heavy (non-hydrogen) atoms. The minimum absolute atomic E-state index is 0.0224. The zero-order valence-electron chi connectivity index (χ0n) is 6.70. The molecule has 0 radical (unpaired) electrons. The Morgan fingerprint density at radius 1 is 1.18 bits per heavy atom. The first-order valence-electron chi connectivity index (χ1n) is 3.41. The van der Waals surface area contributed by atoms with Gasteiger partial charge < -0.3 is 0 Å². The maximum absolute atomic E-state index is 8.52. The maximum atomic E-state index is 8.52. The summed E-state index contributed by atoms with van der Waals surface area (Å²) < 4.78 is 0. The van der Waals surface area contributed by atoms with Crippen molar-refractivity contribution in [3.63, 3.8) is 0 Å². The van der Waals surface area contributed by atoms with Crippen molar-refractivity contribution in [2.45, 2.75) is 0 Å². The van der Waals surface area contributed by atoms with Gasteiger partial charge in [0.25, 0.3) is 0 Å². The second-order valence-corrected chi connectivity index (χ2v) is 4.86. The van der Waals surface area contributed by atoms with E-state index in [0.717, 1.165) is 5.56 Å². The first kappa shape index (κ1) is 8.24. The van der Waals surface area contributed by atoms with E-state index in [1.807, 2.05) is 24.3 Å². The van der Waals surface area contributed by atoms with Gasteiger partial charge in [-0.1, -0.05) is 20.1 Å². The molecule has 0 atom stereocenters. The lowest BCUT2D eigenvalue weighted by Crippen LogP contribution is -1.97. The number of hydrogen-bond acceptors (Lipinski definition) is 1. The van der Waals surface area contributed by atoms with Crippen LogP contribution in [-0.4, -0.2) is 13.3 Å². The van der Waals surface area contributed by atoms with Gasteiger partial charge in [-0.25, -0.2) is 0 Å². The van der Waals surface area contributed by atoms with Crippen molar-refractivity contribution in [2.24, 2.45) is 0 Å². The lowest BCUT2D eigenvalue weighted by atomic mass is 10.2. The molecule has 56 valence electrons. The molecular formula is C9H10NP. The molecule has 1 aromatic rings. The molecule has 0 unspecified atom stereocenters. The Bertz CT molecular complexity index is 269. The molecule has 0 spiro atoms. The molecule has 0 fully saturated rings. The fourth-order valence-electron chi connectivity index (χ4n) is 0.834. The van der Waals surface area contributed by atoms with Gasteiger partial charge in [0.05, 0.1) is 11.6 Å². The summed E-state index contributed by atoms with van der Waals surface area (Å²) in [6.45, 7) is 4.41. The van der Waals surface area contributed by atoms with E-state index in [4.69, 9.17) is 5.26 Å². The van der Waals surface area contributed by atoms with E-state index in [1.54, 1.807) is 0 Å². The largest absolute Gasteiger partial charge is 0.192 e. The molecule has 0 aromatic heterocycles. The lowest BCUT2D eigenvalue weighted by Gasteiger charge is -2.03. The third-order valence-electron chi connectivity index (χ3n) is 1.51. The second-order valence-electron chi connectivity index (χ2n) is 2.55. The van der Waals surface area contributed by atoms with Crippen LogP contribution in [0.4, 0.5) is 0 Å². The highest BCUT2D eigenvalue weighted by atomic mass is 31.1. The van der Waals surface area contributed by atoms with Gasteiger partial charge in [0.1, 0.15) is 0 Å². The Morgan fingerprint density at radius 2 is 1.73 bits per heavy atom. The Labute approximate surface area is 68.4 Å². The summed E-state index contributed by atoms with van der Waals surface area (Å²) in [5, 5.41) is 9.87. The molecular weight excluding hydrogens is 153 g/mol. The van der Waals surface area contributed by atoms with E-state index >= 15 is 0 Å². The van der Waals surface area contributed by atoms with Crippen LogP contribution in [0.1, 0.15) is 5.56 Å². The molecule has 0 bridgehead atoms. The van der Waals surface area contributed by atoms with Gasteiger partial charge in [-0.15, -0.1) is 0 Å². The van der Waals surface area contributed by atoms with Crippen LogP contribution in [0.5, 0.6) is 0 Å². The summed E-state index contributed by atoms with van der Waals surface area (Å²) in [5.41, 5.74) is 0.741. The van der Waals surface area contributed by atoms with Crippen molar-refractivity contribution in [1.29, 1.82) is 5.26 Å². The van der Waals surface area contributed by atoms with E-state index < -0.39 is 0 Å². The summed E-state index contributed by atoms with van der Waals surface area (Å²) >= 11 is 0. The Hall–Kier alpha value is -0.860. The van der Waals surface area contributed by atoms with E-state index in [0.29, 0.717) is 0 Å². The molecule has 1 nitrogen and oxygen atoms in total. The third-order valence-corrected chi connectivity index (χ3v) is 2.84. The van der Waals surface area contributed by atoms with Crippen LogP contribution in [0.15, 0.2) is 24.3 Å². The molecule has 0 heterocycles. The molecule has 1 rings (SSSR count). The van der Waals surface area contributed by atoms with Crippen molar-refractivity contribution >= 4 is 13.2 Å². The van der Waals surface area contributed by atoms with E-state index in [-0.39, 0.29) is 7.92 Å². The van der Waals surface area contributed by atoms with Crippen LogP contribution in [0.3, 0.4) is 0 Å². The zero-order chi connectivity index (χ0) is 8.27. The molecule has 0 aliphatic heterocycles. The molecule has 1 aromatic carbocycles. The number of nitrogens with zero attached hydrogens (tertiary/aromatic N) is 1. The van der Waals surface area contributed by atoms with Gasteiger partial charge in [-0.05, 0) is 30.8 Å². The fraction of sp³-hybridized carbons (Fsp3) is 0.222. The van der Waals surface area contributed by atoms with Crippen molar-refractivity contribution in [2.75, 3.05) is 13.3 Å². The van der Waals surface area contributed by atoms with Crippen LogP contribution >= 0.6 is 7.92 Å². The highest BCUT2D eigenvalue weighted by Crippen LogP contribution is 2.22. The molecule has 0 amide bonds. The van der Waals surface area contributed by atoms with Crippen LogP contribution in [0.25, 0.3) is 0 Å². The number of hydrogen-bond donors (Lipinski definition) is 0. The van der Waals surface area contributed by atoms with Crippen LogP contribution in [-0.2, 0) is 0 Å². The summed E-state index contributed by atoms with van der Waals surface area (Å²) in [4.78, 5) is 0. The first-order valence-corrected chi connectivity index (χ1v) is 5.65. The molecule has 0 aliphatic rings. The minimum atomic E-state index is -0.0224. The average Bonchev–Trinajstić information content (AvgIpc) is 2.05. The topological polar surface area (TPSA) is 23.8 Å². The van der Waals surface area contributed by atoms with Gasteiger partial charge >= 0.3 is 0 Å². The van der Waals surface area contributed by atoms with Crippen LogP contribution in [0.2, 0.25) is 0 Å². The minimum Gasteiger partial charge on any atom is -0.192 e. The summed E-state index contributed by atoms with van der Waals surface area (Å²) in [6, 6.07) is 9.91. The first-order chi connectivity index (χ1) is 5.24. The summed E-state index contributed by atoms with van der Waals surface area (Å²) in [5.74, 6) is 0. The Kier molecular flexibility index (Phi) is 2.63. The Balaban J connectivity index is 2.94. The number of rotatable bonds is 1. The van der Waals surface area contributed by atoms with Gasteiger partial charge in [0.15, 0.2) is 0 Å². The molecule has 0 saturated carbocycles. The third kappa shape index (κ3) is 2.03. The van der Waals surface area contributed by atoms with E-state index in [2.05, 4.69) is 19.4 Å². The number of benzene rings is 1. The predicted octanol–water partition coefficient (Wildman–Crippen LogP) is 1.93. The second kappa shape index (κ2) is 3.51. The number of nitriles is 1.